The van der Waals surface area contributed by atoms with Crippen LogP contribution in [0.1, 0.15) is 27.4 Å². The summed E-state index contributed by atoms with van der Waals surface area (Å²) < 4.78 is 83.0. The van der Waals surface area contributed by atoms with Crippen LogP contribution in [-0.2, 0) is 18.9 Å². The number of carbonyl (C=O) groups excluding carboxylic acids is 1. The van der Waals surface area contributed by atoms with Crippen molar-refractivity contribution >= 4 is 5.91 Å². The molecule has 0 saturated carbocycles. The molecule has 1 fully saturated rings. The molecule has 6 nitrogen and oxygen atoms in total. The Morgan fingerprint density at radius 2 is 1.53 bits per heavy atom. The van der Waals surface area contributed by atoms with Crippen molar-refractivity contribution in [2.45, 2.75) is 18.9 Å². The Hall–Kier alpha value is -3.41. The first-order valence-electron chi connectivity index (χ1n) is 10.2. The predicted octanol–water partition coefficient (Wildman–Crippen LogP) is 4.73. The summed E-state index contributed by atoms with van der Waals surface area (Å²) in [5.74, 6) is -0.312. The first-order chi connectivity index (χ1) is 16.0. The molecule has 0 unspecified atom stereocenters. The fourth-order valence-electron chi connectivity index (χ4n) is 3.63. The van der Waals surface area contributed by atoms with Gasteiger partial charge in [-0.2, -0.15) is 31.3 Å². The topological polar surface area (TPSA) is 62.5 Å². The van der Waals surface area contributed by atoms with Crippen molar-refractivity contribution in [1.82, 2.24) is 19.9 Å². The van der Waals surface area contributed by atoms with E-state index in [1.165, 1.54) is 35.2 Å². The smallest absolute Gasteiger partial charge is 0.338 e. The molecule has 4 rings (SSSR count). The number of nitrogens with zero attached hydrogens (tertiary/aromatic N) is 4. The van der Waals surface area contributed by atoms with Crippen molar-refractivity contribution in [2.75, 3.05) is 26.2 Å². The van der Waals surface area contributed by atoms with Crippen LogP contribution in [0, 0.1) is 0 Å². The summed E-state index contributed by atoms with van der Waals surface area (Å²) in [6.45, 7) is 1.40. The fourth-order valence-corrected chi connectivity index (χ4v) is 3.63. The molecule has 0 aliphatic carbocycles. The SMILES string of the molecule is O=C(c1ccccc1C(F)(F)F)N1CCN(Cc2nc(-c3ccc(C(F)(F)F)cc3)no2)CC1. The van der Waals surface area contributed by atoms with Crippen molar-refractivity contribution in [3.63, 3.8) is 0 Å². The van der Waals surface area contributed by atoms with E-state index >= 15 is 0 Å². The summed E-state index contributed by atoms with van der Waals surface area (Å²) >= 11 is 0. The van der Waals surface area contributed by atoms with E-state index in [0.717, 1.165) is 18.2 Å². The summed E-state index contributed by atoms with van der Waals surface area (Å²) in [4.78, 5) is 20.1. The highest BCUT2D eigenvalue weighted by atomic mass is 19.4. The van der Waals surface area contributed by atoms with Crippen molar-refractivity contribution < 1.29 is 35.7 Å². The summed E-state index contributed by atoms with van der Waals surface area (Å²) in [6.07, 6.45) is -9.07. The van der Waals surface area contributed by atoms with Crippen molar-refractivity contribution in [3.05, 3.63) is 71.1 Å². The van der Waals surface area contributed by atoms with Crippen molar-refractivity contribution in [3.8, 4) is 11.4 Å². The molecule has 12 heteroatoms. The molecule has 34 heavy (non-hydrogen) atoms. The molecular formula is C22H18F6N4O2. The monoisotopic (exact) mass is 484 g/mol. The molecular weight excluding hydrogens is 466 g/mol. The van der Waals surface area contributed by atoms with E-state index in [1.807, 2.05) is 4.90 Å². The Kier molecular flexibility index (Phi) is 6.34. The first-order valence-corrected chi connectivity index (χ1v) is 10.2. The minimum Gasteiger partial charge on any atom is -0.338 e. The Bertz CT molecular complexity index is 1150. The van der Waals surface area contributed by atoms with Crippen molar-refractivity contribution in [2.24, 2.45) is 0 Å². The third kappa shape index (κ3) is 5.22. The highest BCUT2D eigenvalue weighted by molar-refractivity contribution is 5.96. The molecule has 1 saturated heterocycles. The molecule has 3 aromatic rings. The zero-order chi connectivity index (χ0) is 24.5. The first kappa shape index (κ1) is 23.7. The molecule has 0 spiro atoms. The van der Waals surface area contributed by atoms with Crippen molar-refractivity contribution in [1.29, 1.82) is 0 Å². The van der Waals surface area contributed by atoms with Crippen LogP contribution in [-0.4, -0.2) is 52.0 Å². The number of amides is 1. The lowest BCUT2D eigenvalue weighted by atomic mass is 10.1. The fraction of sp³-hybridized carbons (Fsp3) is 0.318. The summed E-state index contributed by atoms with van der Waals surface area (Å²) in [5.41, 5.74) is -1.78. The second-order valence-electron chi connectivity index (χ2n) is 7.70. The van der Waals surface area contributed by atoms with Gasteiger partial charge in [0.1, 0.15) is 0 Å². The number of alkyl halides is 6. The van der Waals surface area contributed by atoms with Crippen LogP contribution in [0.3, 0.4) is 0 Å². The van der Waals surface area contributed by atoms with Gasteiger partial charge in [0.2, 0.25) is 11.7 Å². The molecule has 1 amide bonds. The second-order valence-corrected chi connectivity index (χ2v) is 7.70. The van der Waals surface area contributed by atoms with Gasteiger partial charge in [-0.15, -0.1) is 0 Å². The van der Waals surface area contributed by atoms with Gasteiger partial charge in [0.25, 0.3) is 5.91 Å². The van der Waals surface area contributed by atoms with Crippen LogP contribution >= 0.6 is 0 Å². The summed E-state index contributed by atoms with van der Waals surface area (Å²) in [7, 11) is 0. The standard InChI is InChI=1S/C22H18F6N4O2/c23-21(24,25)15-7-5-14(6-8-15)19-29-18(34-30-19)13-31-9-11-32(12-10-31)20(33)16-3-1-2-4-17(16)22(26,27)28/h1-8H,9-13H2. The zero-order valence-electron chi connectivity index (χ0n) is 17.5. The largest absolute Gasteiger partial charge is 0.417 e. The Labute approximate surface area is 189 Å². The Morgan fingerprint density at radius 1 is 0.882 bits per heavy atom. The Balaban J connectivity index is 1.36. The van der Waals surface area contributed by atoms with E-state index in [-0.39, 0.29) is 36.9 Å². The lowest BCUT2D eigenvalue weighted by Gasteiger charge is -2.34. The van der Waals surface area contributed by atoms with E-state index in [2.05, 4.69) is 10.1 Å². The maximum absolute atomic E-state index is 13.2. The van der Waals surface area contributed by atoms with Gasteiger partial charge in [0.05, 0.1) is 23.2 Å². The van der Waals surface area contributed by atoms with Gasteiger partial charge >= 0.3 is 12.4 Å². The highest BCUT2D eigenvalue weighted by Crippen LogP contribution is 2.33. The third-order valence-corrected chi connectivity index (χ3v) is 5.42. The average Bonchev–Trinajstić information content (AvgIpc) is 3.26. The normalized spacial score (nSPS) is 15.5. The number of carbonyl (C=O) groups is 1. The molecule has 1 aliphatic rings. The van der Waals surface area contributed by atoms with E-state index < -0.39 is 29.4 Å². The van der Waals surface area contributed by atoms with Crippen LogP contribution in [0.4, 0.5) is 26.3 Å². The third-order valence-electron chi connectivity index (χ3n) is 5.42. The van der Waals surface area contributed by atoms with Crippen LogP contribution in [0.2, 0.25) is 0 Å². The summed E-state index contributed by atoms with van der Waals surface area (Å²) in [5, 5.41) is 3.79. The molecule has 0 atom stereocenters. The number of hydrogen-bond donors (Lipinski definition) is 0. The Morgan fingerprint density at radius 3 is 2.15 bits per heavy atom. The number of halogens is 6. The van der Waals surface area contributed by atoms with E-state index in [4.69, 9.17) is 4.52 Å². The van der Waals surface area contributed by atoms with Crippen LogP contribution in [0.15, 0.2) is 53.1 Å². The van der Waals surface area contributed by atoms with Gasteiger partial charge in [-0.3, -0.25) is 9.69 Å². The number of hydrogen-bond acceptors (Lipinski definition) is 5. The molecule has 1 aromatic heterocycles. The van der Waals surface area contributed by atoms with Gasteiger partial charge in [0.15, 0.2) is 0 Å². The van der Waals surface area contributed by atoms with Gasteiger partial charge in [-0.25, -0.2) is 0 Å². The number of aromatic nitrogens is 2. The van der Waals surface area contributed by atoms with E-state index in [9.17, 15) is 31.1 Å². The summed E-state index contributed by atoms with van der Waals surface area (Å²) in [6, 6.07) is 9.04. The van der Waals surface area contributed by atoms with Gasteiger partial charge < -0.3 is 9.42 Å². The molecule has 2 heterocycles. The molecule has 0 N–H and O–H groups in total. The number of rotatable bonds is 4. The quantitative estimate of drug-likeness (QED) is 0.501. The van der Waals surface area contributed by atoms with Gasteiger partial charge in [-0.1, -0.05) is 29.4 Å². The van der Waals surface area contributed by atoms with E-state index in [0.29, 0.717) is 18.7 Å². The molecule has 2 aromatic carbocycles. The minimum absolute atomic E-state index is 0.140. The van der Waals surface area contributed by atoms with Crippen LogP contribution < -0.4 is 0 Å². The molecule has 0 bridgehead atoms. The maximum atomic E-state index is 13.2. The van der Waals surface area contributed by atoms with Gasteiger partial charge in [-0.05, 0) is 24.3 Å². The average molecular weight is 484 g/mol. The van der Waals surface area contributed by atoms with Gasteiger partial charge in [0, 0.05) is 31.7 Å². The maximum Gasteiger partial charge on any atom is 0.417 e. The lowest BCUT2D eigenvalue weighted by molar-refractivity contribution is -0.138. The lowest BCUT2D eigenvalue weighted by Crippen LogP contribution is -2.48. The number of piperazine rings is 1. The minimum atomic E-state index is -4.63. The molecule has 1 aliphatic heterocycles. The molecule has 180 valence electrons. The number of benzene rings is 2. The second kappa shape index (κ2) is 9.09. The van der Waals surface area contributed by atoms with Crippen LogP contribution in [0.5, 0.6) is 0 Å². The predicted molar refractivity (Wildman–Crippen MR) is 107 cm³/mol. The van der Waals surface area contributed by atoms with E-state index in [1.54, 1.807) is 0 Å². The zero-order valence-corrected chi connectivity index (χ0v) is 17.5. The van der Waals surface area contributed by atoms with Crippen LogP contribution in [0.25, 0.3) is 11.4 Å². The molecule has 0 radical (unpaired) electrons. The highest BCUT2D eigenvalue weighted by Gasteiger charge is 2.36.